The fraction of sp³-hybridized carbons (Fsp3) is 0.923. The van der Waals surface area contributed by atoms with Gasteiger partial charge in [0.1, 0.15) is 0 Å². The molecular weight excluding hydrogens is 252 g/mol. The van der Waals surface area contributed by atoms with Crippen molar-refractivity contribution in [3.05, 3.63) is 0 Å². The summed E-state index contributed by atoms with van der Waals surface area (Å²) in [7, 11) is 0. The number of carbonyl (C=O) groups is 1. The van der Waals surface area contributed by atoms with Crippen LogP contribution in [0.3, 0.4) is 0 Å². The van der Waals surface area contributed by atoms with E-state index in [4.69, 9.17) is 4.74 Å². The lowest BCUT2D eigenvalue weighted by Crippen LogP contribution is -2.32. The van der Waals surface area contributed by atoms with Crippen LogP contribution in [0.15, 0.2) is 0 Å². The zero-order chi connectivity index (χ0) is 12.3. The summed E-state index contributed by atoms with van der Waals surface area (Å²) in [4.78, 5) is 11.5. The van der Waals surface area contributed by atoms with Crippen molar-refractivity contribution in [3.8, 4) is 0 Å². The Bertz CT molecular complexity index is 209. The van der Waals surface area contributed by atoms with E-state index in [9.17, 15) is 4.79 Å². The van der Waals surface area contributed by atoms with Gasteiger partial charge in [-0.3, -0.25) is 4.79 Å². The van der Waals surface area contributed by atoms with E-state index in [0.29, 0.717) is 12.5 Å². The summed E-state index contributed by atoms with van der Waals surface area (Å²) in [5.41, 5.74) is 0. The Labute approximate surface area is 117 Å². The molecule has 1 saturated heterocycles. The number of nitrogens with one attached hydrogen (secondary N) is 2. The molecule has 2 N–H and O–H groups in total. The van der Waals surface area contributed by atoms with Gasteiger partial charge in [0, 0.05) is 26.1 Å². The van der Waals surface area contributed by atoms with E-state index >= 15 is 0 Å². The van der Waals surface area contributed by atoms with Gasteiger partial charge >= 0.3 is 0 Å². The number of halogens is 1. The number of hydrogen-bond donors (Lipinski definition) is 2. The molecule has 0 spiro atoms. The summed E-state index contributed by atoms with van der Waals surface area (Å²) in [6.45, 7) is 5.61. The van der Waals surface area contributed by atoms with Gasteiger partial charge in [-0.15, -0.1) is 12.4 Å². The van der Waals surface area contributed by atoms with Gasteiger partial charge in [-0.25, -0.2) is 0 Å². The molecule has 0 aromatic rings. The average molecular weight is 279 g/mol. The molecule has 4 nitrogen and oxygen atoms in total. The van der Waals surface area contributed by atoms with Crippen molar-refractivity contribution in [2.45, 2.75) is 51.6 Å². The van der Waals surface area contributed by atoms with Gasteiger partial charge in [0.05, 0.1) is 6.10 Å². The quantitative estimate of drug-likeness (QED) is 0.667. The summed E-state index contributed by atoms with van der Waals surface area (Å²) >= 11 is 0. The predicted molar refractivity (Wildman–Crippen MR) is 76.2 cm³/mol. The molecular formula is C13H27ClN2O2. The van der Waals surface area contributed by atoms with Crippen LogP contribution in [0.4, 0.5) is 0 Å². The molecule has 0 radical (unpaired) electrons. The molecule has 0 aromatic heterocycles. The Morgan fingerprint density at radius 2 is 2.11 bits per heavy atom. The van der Waals surface area contributed by atoms with Gasteiger partial charge in [0.15, 0.2) is 0 Å². The zero-order valence-electron chi connectivity index (χ0n) is 11.4. The lowest BCUT2D eigenvalue weighted by atomic mass is 10.0. The molecule has 1 unspecified atom stereocenters. The molecule has 1 rings (SSSR count). The fourth-order valence-corrected chi connectivity index (χ4v) is 2.01. The molecule has 1 aliphatic rings. The standard InChI is InChI=1S/C13H26N2O2.ClH/c1-2-8-14-9-10-15-13(16)7-6-12-5-3-4-11-17-12;/h12,14H,2-11H2,1H3,(H,15,16);1H. The summed E-state index contributed by atoms with van der Waals surface area (Å²) < 4.78 is 5.59. The van der Waals surface area contributed by atoms with Crippen LogP contribution in [-0.2, 0) is 9.53 Å². The number of hydrogen-bond acceptors (Lipinski definition) is 3. The van der Waals surface area contributed by atoms with Crippen molar-refractivity contribution in [1.82, 2.24) is 10.6 Å². The molecule has 1 heterocycles. The summed E-state index contributed by atoms with van der Waals surface area (Å²) in [6, 6.07) is 0. The van der Waals surface area contributed by atoms with Crippen LogP contribution in [0.1, 0.15) is 45.4 Å². The van der Waals surface area contributed by atoms with E-state index in [1.165, 1.54) is 12.8 Å². The van der Waals surface area contributed by atoms with Gasteiger partial charge in [-0.1, -0.05) is 6.92 Å². The minimum Gasteiger partial charge on any atom is -0.378 e. The zero-order valence-corrected chi connectivity index (χ0v) is 12.2. The average Bonchev–Trinajstić information content (AvgIpc) is 2.37. The van der Waals surface area contributed by atoms with E-state index in [1.807, 2.05) is 0 Å². The molecule has 1 aliphatic heterocycles. The summed E-state index contributed by atoms with van der Waals surface area (Å²) in [6.07, 6.45) is 6.44. The molecule has 1 fully saturated rings. The maximum absolute atomic E-state index is 11.5. The molecule has 0 bridgehead atoms. The maximum Gasteiger partial charge on any atom is 0.220 e. The number of ether oxygens (including phenoxy) is 1. The molecule has 108 valence electrons. The summed E-state index contributed by atoms with van der Waals surface area (Å²) in [5.74, 6) is 0.150. The first-order chi connectivity index (χ1) is 8.33. The Morgan fingerprint density at radius 3 is 2.78 bits per heavy atom. The van der Waals surface area contributed by atoms with Gasteiger partial charge in [0.25, 0.3) is 0 Å². The number of amides is 1. The van der Waals surface area contributed by atoms with Crippen molar-refractivity contribution in [1.29, 1.82) is 0 Å². The largest absolute Gasteiger partial charge is 0.378 e. The molecule has 1 atom stereocenters. The first-order valence-corrected chi connectivity index (χ1v) is 6.92. The minimum absolute atomic E-state index is 0. The normalized spacial score (nSPS) is 19.1. The smallest absolute Gasteiger partial charge is 0.220 e. The van der Waals surface area contributed by atoms with Crippen LogP contribution < -0.4 is 10.6 Å². The molecule has 1 amide bonds. The van der Waals surface area contributed by atoms with E-state index < -0.39 is 0 Å². The Balaban J connectivity index is 0.00000289. The maximum atomic E-state index is 11.5. The highest BCUT2D eigenvalue weighted by molar-refractivity contribution is 5.85. The van der Waals surface area contributed by atoms with Crippen LogP contribution in [0, 0.1) is 0 Å². The third-order valence-corrected chi connectivity index (χ3v) is 3.02. The molecule has 5 heteroatoms. The highest BCUT2D eigenvalue weighted by atomic mass is 35.5. The minimum atomic E-state index is 0. The summed E-state index contributed by atoms with van der Waals surface area (Å²) in [5, 5.41) is 6.18. The third kappa shape index (κ3) is 8.72. The SMILES string of the molecule is CCCNCCNC(=O)CCC1CCCCO1.Cl. The van der Waals surface area contributed by atoms with Crippen molar-refractivity contribution in [3.63, 3.8) is 0 Å². The highest BCUT2D eigenvalue weighted by Crippen LogP contribution is 2.16. The Hall–Kier alpha value is -0.320. The first kappa shape index (κ1) is 17.7. The van der Waals surface area contributed by atoms with Crippen molar-refractivity contribution in [2.75, 3.05) is 26.2 Å². The van der Waals surface area contributed by atoms with Crippen molar-refractivity contribution >= 4 is 18.3 Å². The van der Waals surface area contributed by atoms with Crippen LogP contribution >= 0.6 is 12.4 Å². The lowest BCUT2D eigenvalue weighted by Gasteiger charge is -2.22. The highest BCUT2D eigenvalue weighted by Gasteiger charge is 2.14. The second kappa shape index (κ2) is 11.8. The first-order valence-electron chi connectivity index (χ1n) is 6.92. The van der Waals surface area contributed by atoms with Gasteiger partial charge < -0.3 is 15.4 Å². The van der Waals surface area contributed by atoms with E-state index in [-0.39, 0.29) is 18.3 Å². The Morgan fingerprint density at radius 1 is 1.28 bits per heavy atom. The monoisotopic (exact) mass is 278 g/mol. The number of carbonyl (C=O) groups excluding carboxylic acids is 1. The predicted octanol–water partition coefficient (Wildman–Crippen LogP) is 1.87. The third-order valence-electron chi connectivity index (χ3n) is 3.02. The second-order valence-electron chi connectivity index (χ2n) is 4.63. The van der Waals surface area contributed by atoms with Crippen molar-refractivity contribution < 1.29 is 9.53 Å². The van der Waals surface area contributed by atoms with Crippen LogP contribution in [-0.4, -0.2) is 38.3 Å². The second-order valence-corrected chi connectivity index (χ2v) is 4.63. The fourth-order valence-electron chi connectivity index (χ4n) is 2.01. The molecule has 0 aromatic carbocycles. The van der Waals surface area contributed by atoms with Gasteiger partial charge in [-0.2, -0.15) is 0 Å². The van der Waals surface area contributed by atoms with E-state index in [1.54, 1.807) is 0 Å². The Kier molecular flexibility index (Phi) is 11.5. The van der Waals surface area contributed by atoms with Gasteiger partial charge in [0.2, 0.25) is 5.91 Å². The molecule has 18 heavy (non-hydrogen) atoms. The van der Waals surface area contributed by atoms with Gasteiger partial charge in [-0.05, 0) is 38.6 Å². The van der Waals surface area contributed by atoms with E-state index in [2.05, 4.69) is 17.6 Å². The molecule has 0 aliphatic carbocycles. The lowest BCUT2D eigenvalue weighted by molar-refractivity contribution is -0.122. The molecule has 0 saturated carbocycles. The van der Waals surface area contributed by atoms with E-state index in [0.717, 1.165) is 45.5 Å². The topological polar surface area (TPSA) is 50.4 Å². The van der Waals surface area contributed by atoms with Crippen LogP contribution in [0.25, 0.3) is 0 Å². The van der Waals surface area contributed by atoms with Crippen LogP contribution in [0.5, 0.6) is 0 Å². The van der Waals surface area contributed by atoms with Crippen LogP contribution in [0.2, 0.25) is 0 Å². The number of rotatable bonds is 8. The van der Waals surface area contributed by atoms with Crippen molar-refractivity contribution in [2.24, 2.45) is 0 Å².